The van der Waals surface area contributed by atoms with Crippen LogP contribution in [0.4, 0.5) is 4.39 Å². The van der Waals surface area contributed by atoms with E-state index in [4.69, 9.17) is 0 Å². The summed E-state index contributed by atoms with van der Waals surface area (Å²) in [5.41, 5.74) is 11.5. The molecule has 3 heterocycles. The summed E-state index contributed by atoms with van der Waals surface area (Å²) in [5.74, 6) is 0.488. The third-order valence-corrected chi connectivity index (χ3v) is 12.1. The quantitative estimate of drug-likeness (QED) is 0.123. The Bertz CT molecular complexity index is 2250. The molecule has 257 valence electrons. The molecule has 0 aliphatic carbocycles. The molecule has 0 saturated carbocycles. The number of hydrogen-bond donors (Lipinski definition) is 0. The van der Waals surface area contributed by atoms with E-state index in [9.17, 15) is 4.39 Å². The van der Waals surface area contributed by atoms with Crippen molar-refractivity contribution in [3.63, 3.8) is 0 Å². The number of benzene rings is 4. The molecule has 0 N–H and O–H groups in total. The summed E-state index contributed by atoms with van der Waals surface area (Å²) in [6, 6.07) is 34.7. The van der Waals surface area contributed by atoms with Crippen molar-refractivity contribution in [1.82, 2.24) is 9.97 Å². The van der Waals surface area contributed by atoms with Crippen LogP contribution in [0.25, 0.3) is 53.8 Å². The molecule has 0 saturated heterocycles. The van der Waals surface area contributed by atoms with Gasteiger partial charge in [0.1, 0.15) is 5.82 Å². The molecule has 7 rings (SSSR count). The average Bonchev–Trinajstić information content (AvgIpc) is 3.45. The summed E-state index contributed by atoms with van der Waals surface area (Å²) in [4.78, 5) is 9.32. The first-order valence-corrected chi connectivity index (χ1v) is 21.2. The van der Waals surface area contributed by atoms with Crippen LogP contribution in [0.3, 0.4) is 0 Å². The second kappa shape index (κ2) is 15.6. The normalized spacial score (nSPS) is 11.4. The Kier molecular flexibility index (Phi) is 11.7. The van der Waals surface area contributed by atoms with Gasteiger partial charge in [0.15, 0.2) is 0 Å². The van der Waals surface area contributed by atoms with Crippen LogP contribution in [0.1, 0.15) is 36.1 Å². The van der Waals surface area contributed by atoms with Gasteiger partial charge in [-0.25, -0.2) is 4.39 Å². The van der Waals surface area contributed by atoms with Crippen molar-refractivity contribution in [2.75, 3.05) is 0 Å². The maximum atomic E-state index is 14.4. The van der Waals surface area contributed by atoms with Crippen LogP contribution in [0.5, 0.6) is 0 Å². The number of aromatic nitrogens is 2. The molecule has 4 aromatic carbocycles. The Hall–Kier alpha value is -3.80. The Labute approximate surface area is 315 Å². The molecule has 0 bridgehead atoms. The van der Waals surface area contributed by atoms with E-state index in [-0.39, 0.29) is 25.9 Å². The van der Waals surface area contributed by atoms with E-state index < -0.39 is 8.07 Å². The van der Waals surface area contributed by atoms with Crippen LogP contribution in [0.2, 0.25) is 19.6 Å². The van der Waals surface area contributed by atoms with Crippen LogP contribution in [-0.2, 0) is 26.5 Å². The molecule has 0 aliphatic rings. The predicted molar refractivity (Wildman–Crippen MR) is 211 cm³/mol. The molecule has 0 amide bonds. The fourth-order valence-electron chi connectivity index (χ4n) is 6.76. The summed E-state index contributed by atoms with van der Waals surface area (Å²) in [6.07, 6.45) is 5.09. The van der Waals surface area contributed by atoms with Gasteiger partial charge in [0.05, 0.1) is 12.8 Å². The zero-order valence-corrected chi connectivity index (χ0v) is 34.2. The first kappa shape index (κ1) is 37.5. The van der Waals surface area contributed by atoms with Crippen molar-refractivity contribution in [2.45, 2.75) is 60.7 Å². The van der Waals surface area contributed by atoms with Crippen LogP contribution >= 0.6 is 11.3 Å². The van der Waals surface area contributed by atoms with Crippen molar-refractivity contribution in [3.8, 4) is 33.6 Å². The van der Waals surface area contributed by atoms with Gasteiger partial charge in [-0.1, -0.05) is 86.4 Å². The number of nitrogens with zero attached hydrogens (tertiary/aromatic N) is 2. The van der Waals surface area contributed by atoms with Gasteiger partial charge in [-0.15, -0.1) is 59.7 Å². The SMILES string of the molecule is CC(C)Cc1cc(-c2[c-]cccc2)ncc1[Si](C)(C)C.Cc1cc(C)c(-c2ccnc(-c3[c-]ccc4c3sc3c(F)cccc34)c2)c(C)c1.[Ir]. The van der Waals surface area contributed by atoms with Gasteiger partial charge in [-0.2, -0.15) is 11.3 Å². The van der Waals surface area contributed by atoms with Crippen molar-refractivity contribution in [3.05, 3.63) is 138 Å². The molecule has 0 fully saturated rings. The number of fused-ring (bicyclic) bond motifs is 3. The fraction of sp³-hybridized carbons (Fsp3) is 0.227. The Morgan fingerprint density at radius 3 is 2.20 bits per heavy atom. The molecule has 1 radical (unpaired) electrons. The topological polar surface area (TPSA) is 25.8 Å². The number of halogens is 1. The third-order valence-electron chi connectivity index (χ3n) is 8.80. The molecule has 7 aromatic rings. The number of hydrogen-bond acceptors (Lipinski definition) is 3. The van der Waals surface area contributed by atoms with Crippen LogP contribution in [0, 0.1) is 44.6 Å². The first-order chi connectivity index (χ1) is 23.4. The molecule has 6 heteroatoms. The van der Waals surface area contributed by atoms with Crippen LogP contribution in [-0.4, -0.2) is 18.0 Å². The van der Waals surface area contributed by atoms with E-state index in [1.807, 2.05) is 42.6 Å². The van der Waals surface area contributed by atoms with Crippen LogP contribution < -0.4 is 5.19 Å². The second-order valence-corrected chi connectivity index (χ2v) is 20.4. The van der Waals surface area contributed by atoms with Crippen molar-refractivity contribution < 1.29 is 24.5 Å². The number of thiophene rings is 1. The summed E-state index contributed by atoms with van der Waals surface area (Å²) < 4.78 is 16.1. The minimum Gasteiger partial charge on any atom is -0.305 e. The minimum absolute atomic E-state index is 0. The van der Waals surface area contributed by atoms with E-state index in [1.165, 1.54) is 50.4 Å². The molecule has 3 aromatic heterocycles. The summed E-state index contributed by atoms with van der Waals surface area (Å²) >= 11 is 1.47. The first-order valence-electron chi connectivity index (χ1n) is 16.9. The zero-order chi connectivity index (χ0) is 34.9. The van der Waals surface area contributed by atoms with E-state index in [0.717, 1.165) is 50.0 Å². The smallest absolute Gasteiger partial charge is 0.140 e. The second-order valence-electron chi connectivity index (χ2n) is 14.4. The van der Waals surface area contributed by atoms with Gasteiger partial charge in [-0.3, -0.25) is 0 Å². The largest absolute Gasteiger partial charge is 0.305 e. The van der Waals surface area contributed by atoms with Crippen molar-refractivity contribution in [1.29, 1.82) is 0 Å². The van der Waals surface area contributed by atoms with Gasteiger partial charge in [0, 0.05) is 32.5 Å². The van der Waals surface area contributed by atoms with Gasteiger partial charge >= 0.3 is 0 Å². The van der Waals surface area contributed by atoms with E-state index in [1.54, 1.807) is 6.07 Å². The molecular weight excluding hydrogens is 828 g/mol. The average molecular weight is 871 g/mol. The Morgan fingerprint density at radius 2 is 1.52 bits per heavy atom. The monoisotopic (exact) mass is 871 g/mol. The fourth-order valence-corrected chi connectivity index (χ4v) is 9.56. The Balaban J connectivity index is 0.000000204. The Morgan fingerprint density at radius 1 is 0.780 bits per heavy atom. The molecule has 0 aliphatic heterocycles. The van der Waals surface area contributed by atoms with Crippen LogP contribution in [0.15, 0.2) is 97.3 Å². The summed E-state index contributed by atoms with van der Waals surface area (Å²) in [5, 5.41) is 3.49. The molecule has 0 unspecified atom stereocenters. The molecular formula is C44H43FIrN2SSi-2. The van der Waals surface area contributed by atoms with E-state index >= 15 is 0 Å². The number of rotatable bonds is 6. The summed E-state index contributed by atoms with van der Waals surface area (Å²) in [7, 11) is -1.34. The molecule has 2 nitrogen and oxygen atoms in total. The van der Waals surface area contributed by atoms with Gasteiger partial charge in [0.25, 0.3) is 0 Å². The maximum Gasteiger partial charge on any atom is 0.140 e. The maximum absolute atomic E-state index is 14.4. The van der Waals surface area contributed by atoms with Gasteiger partial charge in [0.2, 0.25) is 0 Å². The summed E-state index contributed by atoms with van der Waals surface area (Å²) in [6.45, 7) is 18.2. The van der Waals surface area contributed by atoms with E-state index in [0.29, 0.717) is 10.6 Å². The molecule has 0 atom stereocenters. The van der Waals surface area contributed by atoms with Gasteiger partial charge in [-0.05, 0) is 94.2 Å². The number of aryl methyl sites for hydroxylation is 3. The zero-order valence-electron chi connectivity index (χ0n) is 30.0. The molecule has 0 spiro atoms. The number of pyridine rings is 2. The predicted octanol–water partition coefficient (Wildman–Crippen LogP) is 11.9. The standard InChI is InChI=1S/C26H19FNS.C18H24NSi.Ir/c1-15-12-16(2)24(17(3)13-15)18-10-11-28-23(14-18)21-8-4-6-19-20-7-5-9-22(27)26(20)29-25(19)21;1-14(2)11-16-12-17(15-9-7-6-8-10-15)19-13-18(16)20(3,4)5;/h4-7,9-14H,1-3H3;6-9,12-14H,11H2,1-5H3;/q2*-1;. The third kappa shape index (κ3) is 8.05. The van der Waals surface area contributed by atoms with Gasteiger partial charge < -0.3 is 9.97 Å². The van der Waals surface area contributed by atoms with E-state index in [2.05, 4.69) is 119 Å². The van der Waals surface area contributed by atoms with Crippen molar-refractivity contribution in [2.24, 2.45) is 5.92 Å². The van der Waals surface area contributed by atoms with Crippen molar-refractivity contribution >= 4 is 44.8 Å². The minimum atomic E-state index is -1.34. The molecule has 50 heavy (non-hydrogen) atoms.